The number of carboxylic acids is 1. The normalized spacial score (nSPS) is 10.2. The number of hydrogen-bond donors (Lipinski definition) is 3. The molecule has 0 aliphatic rings. The number of anilines is 3. The monoisotopic (exact) mass is 261 g/mol. The minimum Gasteiger partial charge on any atom is -0.478 e. The van der Waals surface area contributed by atoms with Crippen molar-refractivity contribution in [2.45, 2.75) is 6.92 Å². The van der Waals surface area contributed by atoms with Gasteiger partial charge in [0.05, 0.1) is 16.9 Å². The topological polar surface area (TPSA) is 88.2 Å². The number of rotatable bonds is 3. The molecule has 19 heavy (non-hydrogen) atoms. The van der Waals surface area contributed by atoms with E-state index >= 15 is 0 Å². The molecular weight excluding hydrogens is 249 g/mol. The average Bonchev–Trinajstić information content (AvgIpc) is 2.35. The lowest BCUT2D eigenvalue weighted by Crippen LogP contribution is -2.05. The summed E-state index contributed by atoms with van der Waals surface area (Å²) in [5.41, 5.74) is 6.78. The highest BCUT2D eigenvalue weighted by Gasteiger charge is 2.11. The summed E-state index contributed by atoms with van der Waals surface area (Å²) in [6, 6.07) is 5.93. The quantitative estimate of drug-likeness (QED) is 0.790. The number of nitrogen functional groups attached to an aromatic ring is 1. The zero-order valence-corrected chi connectivity index (χ0v) is 10.1. The number of carboxylic acid groups (broad SMARTS) is 1. The minimum absolute atomic E-state index is 0.0201. The molecule has 0 amide bonds. The number of para-hydroxylation sites is 1. The summed E-state index contributed by atoms with van der Waals surface area (Å²) < 4.78 is 13.7. The zero-order chi connectivity index (χ0) is 14.0. The van der Waals surface area contributed by atoms with Crippen LogP contribution in [-0.4, -0.2) is 16.1 Å². The average molecular weight is 261 g/mol. The van der Waals surface area contributed by atoms with Crippen LogP contribution in [0.1, 0.15) is 15.9 Å². The van der Waals surface area contributed by atoms with E-state index < -0.39 is 11.8 Å². The molecule has 0 atom stereocenters. The van der Waals surface area contributed by atoms with Crippen LogP contribution in [0.4, 0.5) is 21.6 Å². The second-order valence-electron chi connectivity index (χ2n) is 4.02. The van der Waals surface area contributed by atoms with Crippen molar-refractivity contribution >= 4 is 23.2 Å². The van der Waals surface area contributed by atoms with Gasteiger partial charge < -0.3 is 16.2 Å². The molecule has 0 saturated heterocycles. The van der Waals surface area contributed by atoms with Crippen molar-refractivity contribution in [2.75, 3.05) is 11.1 Å². The number of nitrogens with one attached hydrogen (secondary N) is 1. The number of halogens is 1. The first-order valence-electron chi connectivity index (χ1n) is 5.50. The maximum atomic E-state index is 13.7. The van der Waals surface area contributed by atoms with E-state index in [0.29, 0.717) is 5.56 Å². The molecule has 0 saturated carbocycles. The molecular formula is C13H12FN3O2. The molecule has 1 heterocycles. The van der Waals surface area contributed by atoms with Gasteiger partial charge in [0.1, 0.15) is 5.82 Å². The van der Waals surface area contributed by atoms with Crippen molar-refractivity contribution in [1.29, 1.82) is 0 Å². The lowest BCUT2D eigenvalue weighted by atomic mass is 10.2. The summed E-state index contributed by atoms with van der Waals surface area (Å²) in [7, 11) is 0. The Labute approximate surface area is 108 Å². The molecule has 0 aliphatic heterocycles. The lowest BCUT2D eigenvalue weighted by molar-refractivity contribution is 0.0696. The largest absolute Gasteiger partial charge is 0.478 e. The fourth-order valence-corrected chi connectivity index (χ4v) is 1.61. The second kappa shape index (κ2) is 4.93. The van der Waals surface area contributed by atoms with Gasteiger partial charge in [0.2, 0.25) is 0 Å². The third-order valence-electron chi connectivity index (χ3n) is 2.63. The summed E-state index contributed by atoms with van der Waals surface area (Å²) in [6.45, 7) is 1.74. The number of carbonyl (C=O) groups is 1. The zero-order valence-electron chi connectivity index (χ0n) is 10.1. The van der Waals surface area contributed by atoms with Crippen LogP contribution in [0.2, 0.25) is 0 Å². The molecule has 1 aromatic heterocycles. The Kier molecular flexibility index (Phi) is 3.33. The van der Waals surface area contributed by atoms with Crippen molar-refractivity contribution in [1.82, 2.24) is 4.98 Å². The Morgan fingerprint density at radius 2 is 2.21 bits per heavy atom. The molecule has 0 bridgehead atoms. The number of nitrogens with zero attached hydrogens (tertiary/aromatic N) is 1. The van der Waals surface area contributed by atoms with Crippen molar-refractivity contribution in [3.05, 3.63) is 47.4 Å². The highest BCUT2D eigenvalue weighted by atomic mass is 19.1. The molecule has 6 heteroatoms. The first kappa shape index (κ1) is 12.8. The van der Waals surface area contributed by atoms with Crippen molar-refractivity contribution in [3.63, 3.8) is 0 Å². The first-order chi connectivity index (χ1) is 8.99. The van der Waals surface area contributed by atoms with E-state index in [9.17, 15) is 9.18 Å². The number of aromatic nitrogens is 1. The molecule has 1 aromatic carbocycles. The smallest absolute Gasteiger partial charge is 0.337 e. The van der Waals surface area contributed by atoms with Crippen LogP contribution in [-0.2, 0) is 0 Å². The number of hydrogen-bond acceptors (Lipinski definition) is 4. The third kappa shape index (κ3) is 2.62. The Hall–Kier alpha value is -2.63. The molecule has 4 N–H and O–H groups in total. The second-order valence-corrected chi connectivity index (χ2v) is 4.02. The number of benzene rings is 1. The predicted octanol–water partition coefficient (Wildman–Crippen LogP) is 2.55. The van der Waals surface area contributed by atoms with E-state index in [1.807, 2.05) is 0 Å². The summed E-state index contributed by atoms with van der Waals surface area (Å²) in [6.07, 6.45) is 1.16. The van der Waals surface area contributed by atoms with Gasteiger partial charge in [0, 0.05) is 6.20 Å². The molecule has 2 aromatic rings. The van der Waals surface area contributed by atoms with Gasteiger partial charge in [-0.2, -0.15) is 0 Å². The summed E-state index contributed by atoms with van der Waals surface area (Å²) in [4.78, 5) is 14.6. The fourth-order valence-electron chi connectivity index (χ4n) is 1.61. The van der Waals surface area contributed by atoms with Crippen molar-refractivity contribution in [3.8, 4) is 0 Å². The van der Waals surface area contributed by atoms with Gasteiger partial charge in [-0.25, -0.2) is 14.2 Å². The van der Waals surface area contributed by atoms with Gasteiger partial charge in [-0.1, -0.05) is 12.1 Å². The fraction of sp³-hybridized carbons (Fsp3) is 0.0769. The molecule has 0 radical (unpaired) electrons. The molecule has 0 spiro atoms. The van der Waals surface area contributed by atoms with Crippen LogP contribution in [0.3, 0.4) is 0 Å². The van der Waals surface area contributed by atoms with E-state index in [1.54, 1.807) is 19.1 Å². The minimum atomic E-state index is -1.12. The predicted molar refractivity (Wildman–Crippen MR) is 70.0 cm³/mol. The Morgan fingerprint density at radius 1 is 1.47 bits per heavy atom. The summed E-state index contributed by atoms with van der Waals surface area (Å²) in [5.74, 6) is -1.32. The maximum absolute atomic E-state index is 13.7. The maximum Gasteiger partial charge on any atom is 0.337 e. The van der Waals surface area contributed by atoms with Crippen molar-refractivity contribution < 1.29 is 14.3 Å². The number of aryl methyl sites for hydroxylation is 1. The van der Waals surface area contributed by atoms with Crippen molar-refractivity contribution in [2.24, 2.45) is 0 Å². The third-order valence-corrected chi connectivity index (χ3v) is 2.63. The molecule has 0 unspecified atom stereocenters. The van der Waals surface area contributed by atoms with Crippen LogP contribution >= 0.6 is 0 Å². The van der Waals surface area contributed by atoms with E-state index in [2.05, 4.69) is 10.3 Å². The van der Waals surface area contributed by atoms with E-state index in [4.69, 9.17) is 10.8 Å². The number of aromatic carboxylic acids is 1. The van der Waals surface area contributed by atoms with Gasteiger partial charge >= 0.3 is 5.97 Å². The number of nitrogens with two attached hydrogens (primary N) is 1. The molecule has 5 nitrogen and oxygen atoms in total. The summed E-state index contributed by atoms with van der Waals surface area (Å²) >= 11 is 0. The first-order valence-corrected chi connectivity index (χ1v) is 5.50. The Morgan fingerprint density at radius 3 is 2.79 bits per heavy atom. The van der Waals surface area contributed by atoms with Gasteiger partial charge in [0.15, 0.2) is 5.82 Å². The molecule has 0 aliphatic carbocycles. The lowest BCUT2D eigenvalue weighted by Gasteiger charge is -2.11. The van der Waals surface area contributed by atoms with Crippen LogP contribution < -0.4 is 11.1 Å². The van der Waals surface area contributed by atoms with Crippen LogP contribution in [0, 0.1) is 12.7 Å². The van der Waals surface area contributed by atoms with Gasteiger partial charge in [-0.3, -0.25) is 0 Å². The van der Waals surface area contributed by atoms with E-state index in [-0.39, 0.29) is 22.8 Å². The molecule has 98 valence electrons. The highest BCUT2D eigenvalue weighted by molar-refractivity contribution is 5.89. The Balaban J connectivity index is 2.36. The van der Waals surface area contributed by atoms with Gasteiger partial charge in [-0.05, 0) is 24.6 Å². The number of pyridine rings is 1. The molecule has 0 fully saturated rings. The van der Waals surface area contributed by atoms with Crippen LogP contribution in [0.5, 0.6) is 0 Å². The van der Waals surface area contributed by atoms with Crippen LogP contribution in [0.25, 0.3) is 0 Å². The van der Waals surface area contributed by atoms with E-state index in [1.165, 1.54) is 12.1 Å². The Bertz CT molecular complexity index is 624. The summed E-state index contributed by atoms with van der Waals surface area (Å²) in [5, 5.41) is 11.6. The highest BCUT2D eigenvalue weighted by Crippen LogP contribution is 2.26. The standard InChI is InChI=1S/C13H12FN3O2/c1-7-3-2-4-9(14)11(7)17-12-10(15)5-8(6-16-12)13(18)19/h2-6H,15H2,1H3,(H,16,17)(H,18,19). The van der Waals surface area contributed by atoms with Gasteiger partial charge in [0.25, 0.3) is 0 Å². The van der Waals surface area contributed by atoms with E-state index in [0.717, 1.165) is 6.20 Å². The molecule has 2 rings (SSSR count). The SMILES string of the molecule is Cc1cccc(F)c1Nc1ncc(C(=O)O)cc1N. The van der Waals surface area contributed by atoms with Crippen LogP contribution in [0.15, 0.2) is 30.5 Å². The van der Waals surface area contributed by atoms with Gasteiger partial charge in [-0.15, -0.1) is 0 Å².